The molecule has 0 N–H and O–H groups in total. The fraction of sp³-hybridized carbons (Fsp3) is 0.115. The maximum atomic E-state index is 12.6. The molecule has 0 saturated heterocycles. The third kappa shape index (κ3) is 2.88. The zero-order valence-corrected chi connectivity index (χ0v) is 18.1. The van der Waals surface area contributed by atoms with Crippen LogP contribution in [0.5, 0.6) is 0 Å². The van der Waals surface area contributed by atoms with E-state index in [4.69, 9.17) is 0 Å². The predicted molar refractivity (Wildman–Crippen MR) is 122 cm³/mol. The number of nitrogens with zero attached hydrogens (tertiary/aromatic N) is 1. The number of sulfone groups is 1. The van der Waals surface area contributed by atoms with E-state index in [0.717, 1.165) is 5.57 Å². The Morgan fingerprint density at radius 2 is 1.65 bits per heavy atom. The molecule has 0 atom stereocenters. The molecule has 0 fully saturated rings. The van der Waals surface area contributed by atoms with Crippen molar-refractivity contribution in [3.05, 3.63) is 118 Å². The molecule has 4 nitrogen and oxygen atoms in total. The van der Waals surface area contributed by atoms with Crippen molar-refractivity contribution in [1.82, 2.24) is 0 Å². The lowest BCUT2D eigenvalue weighted by molar-refractivity contribution is 0.104. The maximum absolute atomic E-state index is 12.6. The first kappa shape index (κ1) is 19.5. The number of rotatable bonds is 2. The number of carbonyl (C=O) groups excluding carboxylic acids is 1. The topological polar surface area (TPSA) is 54.5 Å². The second-order valence-electron chi connectivity index (χ2n) is 8.27. The summed E-state index contributed by atoms with van der Waals surface area (Å²) >= 11 is 0. The van der Waals surface area contributed by atoms with Crippen LogP contribution in [0.4, 0.5) is 5.69 Å². The van der Waals surface area contributed by atoms with Crippen molar-refractivity contribution < 1.29 is 13.2 Å². The van der Waals surface area contributed by atoms with Crippen molar-refractivity contribution in [3.8, 4) is 0 Å². The Morgan fingerprint density at radius 1 is 0.935 bits per heavy atom. The van der Waals surface area contributed by atoms with E-state index in [9.17, 15) is 13.2 Å². The summed E-state index contributed by atoms with van der Waals surface area (Å²) < 4.78 is 25.3. The van der Waals surface area contributed by atoms with Crippen LogP contribution in [-0.2, 0) is 15.3 Å². The minimum atomic E-state index is -3.75. The van der Waals surface area contributed by atoms with Crippen LogP contribution in [0.2, 0.25) is 0 Å². The van der Waals surface area contributed by atoms with Gasteiger partial charge in [-0.2, -0.15) is 0 Å². The molecular weight excluding hydrogens is 406 g/mol. The van der Waals surface area contributed by atoms with Gasteiger partial charge in [0.2, 0.25) is 15.6 Å². The largest absolute Gasteiger partial charge is 0.320 e. The van der Waals surface area contributed by atoms with Gasteiger partial charge in [0, 0.05) is 28.6 Å². The number of ketones is 1. The second-order valence-corrected chi connectivity index (χ2v) is 10.2. The van der Waals surface area contributed by atoms with E-state index in [-0.39, 0.29) is 20.8 Å². The Morgan fingerprint density at radius 3 is 2.45 bits per heavy atom. The van der Waals surface area contributed by atoms with Gasteiger partial charge in [-0.1, -0.05) is 62.4 Å². The molecular formula is C26H21NO3S. The highest BCUT2D eigenvalue weighted by Gasteiger charge is 2.40. The van der Waals surface area contributed by atoms with E-state index in [0.29, 0.717) is 0 Å². The van der Waals surface area contributed by atoms with Gasteiger partial charge in [0.15, 0.2) is 0 Å². The first-order valence-electron chi connectivity index (χ1n) is 10.1. The summed E-state index contributed by atoms with van der Waals surface area (Å²) in [5.41, 5.74) is 4.81. The molecule has 3 aliphatic heterocycles. The number of anilines is 1. The normalized spacial score (nSPS) is 22.7. The Labute approximate surface area is 182 Å². The van der Waals surface area contributed by atoms with Gasteiger partial charge in [-0.05, 0) is 47.6 Å². The van der Waals surface area contributed by atoms with Crippen LogP contribution in [-0.4, -0.2) is 14.2 Å². The zero-order chi connectivity index (χ0) is 21.8. The summed E-state index contributed by atoms with van der Waals surface area (Å²) in [6.45, 7) is 4.42. The van der Waals surface area contributed by atoms with Crippen LogP contribution < -0.4 is 4.90 Å². The van der Waals surface area contributed by atoms with Crippen molar-refractivity contribution in [2.45, 2.75) is 24.2 Å². The lowest BCUT2D eigenvalue weighted by Gasteiger charge is -2.27. The van der Waals surface area contributed by atoms with Gasteiger partial charge in [0.25, 0.3) is 0 Å². The van der Waals surface area contributed by atoms with E-state index in [1.807, 2.05) is 18.2 Å². The quantitative estimate of drug-likeness (QED) is 0.616. The number of carbonyl (C=O) groups is 1. The number of benzene rings is 2. The lowest BCUT2D eigenvalue weighted by Crippen LogP contribution is -2.24. The molecule has 3 heterocycles. The monoisotopic (exact) mass is 427 g/mol. The first-order chi connectivity index (χ1) is 14.8. The van der Waals surface area contributed by atoms with Crippen molar-refractivity contribution in [1.29, 1.82) is 0 Å². The van der Waals surface area contributed by atoms with E-state index >= 15 is 0 Å². The molecule has 2 aromatic carbocycles. The Bertz CT molecular complexity index is 1390. The molecule has 0 saturated carbocycles. The lowest BCUT2D eigenvalue weighted by atomic mass is 9.83. The highest BCUT2D eigenvalue weighted by molar-refractivity contribution is 7.97. The molecule has 0 amide bonds. The molecule has 5 heteroatoms. The smallest absolute Gasteiger partial charge is 0.211 e. The molecule has 3 aliphatic rings. The number of hydrogen-bond acceptors (Lipinski definition) is 4. The SMILES string of the molecule is CC1(C)C2=C/C(=C/C=C/C=C3\C(=O)c4ccccc4S3(=O)=O)C=CN2c2ccccc21. The molecule has 31 heavy (non-hydrogen) atoms. The van der Waals surface area contributed by atoms with Crippen molar-refractivity contribution >= 4 is 21.3 Å². The third-order valence-corrected chi connectivity index (χ3v) is 7.87. The summed E-state index contributed by atoms with van der Waals surface area (Å²) in [7, 11) is -3.75. The Hall–Kier alpha value is -3.44. The molecule has 5 rings (SSSR count). The standard InChI is InChI=1S/C26H21NO3S/c1-26(2)20-11-5-6-12-21(20)27-16-15-18(17-24(26)27)9-3-7-14-23-25(28)19-10-4-8-13-22(19)31(23,29)30/h3-17H,1-2H3/b7-3+,18-9+,23-14+. The molecule has 154 valence electrons. The molecule has 0 aromatic heterocycles. The highest BCUT2D eigenvalue weighted by Crippen LogP contribution is 2.49. The summed E-state index contributed by atoms with van der Waals surface area (Å²) in [6.07, 6.45) is 12.9. The molecule has 0 spiro atoms. The maximum Gasteiger partial charge on any atom is 0.211 e. The van der Waals surface area contributed by atoms with Gasteiger partial charge in [-0.15, -0.1) is 0 Å². The number of hydrogen-bond donors (Lipinski definition) is 0. The zero-order valence-electron chi connectivity index (χ0n) is 17.2. The average Bonchev–Trinajstić information content (AvgIpc) is 3.11. The van der Waals surface area contributed by atoms with E-state index in [2.05, 4.69) is 49.2 Å². The van der Waals surface area contributed by atoms with Gasteiger partial charge >= 0.3 is 0 Å². The predicted octanol–water partition coefficient (Wildman–Crippen LogP) is 5.23. The van der Waals surface area contributed by atoms with Gasteiger partial charge < -0.3 is 4.90 Å². The minimum absolute atomic E-state index is 0.0843. The van der Waals surface area contributed by atoms with Crippen LogP contribution in [0.3, 0.4) is 0 Å². The summed E-state index contributed by atoms with van der Waals surface area (Å²) in [4.78, 5) is 14.6. The number of fused-ring (bicyclic) bond motifs is 4. The summed E-state index contributed by atoms with van der Waals surface area (Å²) in [6, 6.07) is 14.7. The molecule has 0 radical (unpaired) electrons. The Balaban J connectivity index is 1.43. The number of allylic oxidation sites excluding steroid dienone is 9. The van der Waals surface area contributed by atoms with Crippen LogP contribution in [0.15, 0.2) is 112 Å². The molecule has 0 aliphatic carbocycles. The van der Waals surface area contributed by atoms with Crippen molar-refractivity contribution in [2.75, 3.05) is 4.90 Å². The fourth-order valence-corrected chi connectivity index (χ4v) is 5.96. The van der Waals surface area contributed by atoms with Crippen molar-refractivity contribution in [2.24, 2.45) is 0 Å². The molecule has 2 aromatic rings. The van der Waals surface area contributed by atoms with Gasteiger partial charge in [-0.3, -0.25) is 4.79 Å². The first-order valence-corrected chi connectivity index (χ1v) is 11.6. The van der Waals surface area contributed by atoms with Gasteiger partial charge in [0.05, 0.1) is 4.90 Å². The second kappa shape index (κ2) is 6.79. The van der Waals surface area contributed by atoms with E-state index < -0.39 is 15.6 Å². The van der Waals surface area contributed by atoms with Crippen LogP contribution in [0, 0.1) is 0 Å². The van der Waals surface area contributed by atoms with Gasteiger partial charge in [0.1, 0.15) is 4.91 Å². The molecule has 0 bridgehead atoms. The number of Topliss-reactive ketones (excluding diaryl/α,β-unsaturated/α-hetero) is 1. The van der Waals surface area contributed by atoms with Crippen LogP contribution in [0.25, 0.3) is 0 Å². The van der Waals surface area contributed by atoms with Crippen LogP contribution >= 0.6 is 0 Å². The van der Waals surface area contributed by atoms with E-state index in [1.54, 1.807) is 30.4 Å². The third-order valence-electron chi connectivity index (χ3n) is 6.04. The van der Waals surface area contributed by atoms with Gasteiger partial charge in [-0.25, -0.2) is 8.42 Å². The summed E-state index contributed by atoms with van der Waals surface area (Å²) in [5, 5.41) is 0. The number of para-hydroxylation sites is 1. The Kier molecular flexibility index (Phi) is 4.27. The summed E-state index contributed by atoms with van der Waals surface area (Å²) in [5.74, 6) is -0.450. The fourth-order valence-electron chi connectivity index (χ4n) is 4.40. The minimum Gasteiger partial charge on any atom is -0.320 e. The van der Waals surface area contributed by atoms with E-state index in [1.165, 1.54) is 29.1 Å². The molecule has 0 unspecified atom stereocenters. The van der Waals surface area contributed by atoms with Crippen molar-refractivity contribution in [3.63, 3.8) is 0 Å². The highest BCUT2D eigenvalue weighted by atomic mass is 32.2. The average molecular weight is 428 g/mol. The van der Waals surface area contributed by atoms with Crippen LogP contribution in [0.1, 0.15) is 29.8 Å².